The molecule has 0 saturated carbocycles. The molecule has 4 aliphatic rings. The van der Waals surface area contributed by atoms with Crippen LogP contribution in [0.3, 0.4) is 0 Å². The van der Waals surface area contributed by atoms with Crippen LogP contribution < -0.4 is 11.5 Å². The fraction of sp³-hybridized carbons (Fsp3) is 0.458. The van der Waals surface area contributed by atoms with Crippen LogP contribution in [0.4, 0.5) is 0 Å². The predicted octanol–water partition coefficient (Wildman–Crippen LogP) is 0.284. The highest BCUT2D eigenvalue weighted by Crippen LogP contribution is 2.51. The molecule has 1 fully saturated rings. The Morgan fingerprint density at radius 3 is 2.53 bits per heavy atom. The fourth-order valence-corrected chi connectivity index (χ4v) is 6.29. The van der Waals surface area contributed by atoms with Gasteiger partial charge in [-0.15, -0.1) is 0 Å². The Morgan fingerprint density at radius 2 is 1.91 bits per heavy atom. The molecule has 1 aromatic rings. The lowest BCUT2D eigenvalue weighted by Crippen LogP contribution is -2.63. The number of ketones is 2. The molecular formula is C24H27N3O7. The summed E-state index contributed by atoms with van der Waals surface area (Å²) in [5.41, 5.74) is 9.03. The van der Waals surface area contributed by atoms with Crippen LogP contribution in [-0.2, 0) is 16.0 Å². The maximum absolute atomic E-state index is 13.5. The highest BCUT2D eigenvalue weighted by molar-refractivity contribution is 6.24. The second kappa shape index (κ2) is 7.39. The van der Waals surface area contributed by atoms with Crippen molar-refractivity contribution >= 4 is 17.5 Å². The average Bonchev–Trinajstić information content (AvgIpc) is 3.19. The summed E-state index contributed by atoms with van der Waals surface area (Å²) in [6, 6.07) is 2.21. The Bertz CT molecular complexity index is 1220. The molecule has 1 aromatic carbocycles. The van der Waals surface area contributed by atoms with Gasteiger partial charge in [0, 0.05) is 17.5 Å². The molecule has 3 aliphatic carbocycles. The number of nitrogens with two attached hydrogens (primary N) is 2. The largest absolute Gasteiger partial charge is 0.510 e. The van der Waals surface area contributed by atoms with Crippen LogP contribution in [0.25, 0.3) is 0 Å². The van der Waals surface area contributed by atoms with Crippen molar-refractivity contribution in [3.63, 3.8) is 0 Å². The summed E-state index contributed by atoms with van der Waals surface area (Å²) in [7, 11) is 2.00. The Kier molecular flexibility index (Phi) is 4.91. The summed E-state index contributed by atoms with van der Waals surface area (Å²) < 4.78 is 0. The number of aliphatic hydroxyl groups excluding tert-OH is 2. The number of benzene rings is 1. The first-order valence-electron chi connectivity index (χ1n) is 11.3. The zero-order valence-electron chi connectivity index (χ0n) is 18.6. The van der Waals surface area contributed by atoms with Gasteiger partial charge in [0.25, 0.3) is 5.91 Å². The van der Waals surface area contributed by atoms with E-state index in [9.17, 15) is 34.8 Å². The van der Waals surface area contributed by atoms with Gasteiger partial charge >= 0.3 is 0 Å². The molecule has 1 saturated heterocycles. The van der Waals surface area contributed by atoms with Crippen molar-refractivity contribution in [3.8, 4) is 5.75 Å². The molecule has 1 heterocycles. The summed E-state index contributed by atoms with van der Waals surface area (Å²) >= 11 is 0. The molecule has 0 radical (unpaired) electrons. The molecule has 5 atom stereocenters. The van der Waals surface area contributed by atoms with E-state index in [1.54, 1.807) is 6.07 Å². The third-order valence-corrected chi connectivity index (χ3v) is 7.99. The first kappa shape index (κ1) is 22.6. The van der Waals surface area contributed by atoms with E-state index in [2.05, 4.69) is 4.90 Å². The van der Waals surface area contributed by atoms with Crippen LogP contribution in [-0.4, -0.2) is 68.0 Å². The number of likely N-dealkylation sites (tertiary alicyclic amines) is 1. The van der Waals surface area contributed by atoms with Gasteiger partial charge in [0.2, 0.25) is 5.78 Å². The highest BCUT2D eigenvalue weighted by atomic mass is 16.3. The molecule has 5 rings (SSSR count). The Morgan fingerprint density at radius 1 is 1.21 bits per heavy atom. The quantitative estimate of drug-likeness (QED) is 0.331. The van der Waals surface area contributed by atoms with E-state index >= 15 is 0 Å². The SMILES string of the molecule is CN1CCC[C@H]1c1cc(O)c2c(c1)C[C@H]1C[C@H]3[C@H](N)C(O)=C(C(N)=O)C(=O)[C@@]3(O)C(O)=C1C2=O. The van der Waals surface area contributed by atoms with Crippen LogP contribution >= 0.6 is 0 Å². The van der Waals surface area contributed by atoms with Crippen molar-refractivity contribution in [1.29, 1.82) is 0 Å². The number of primary amides is 1. The van der Waals surface area contributed by atoms with E-state index in [0.717, 1.165) is 24.9 Å². The summed E-state index contributed by atoms with van der Waals surface area (Å²) in [5.74, 6) is -6.95. The van der Waals surface area contributed by atoms with Crippen LogP contribution in [0.5, 0.6) is 5.75 Å². The van der Waals surface area contributed by atoms with E-state index in [-0.39, 0.29) is 35.8 Å². The zero-order chi connectivity index (χ0) is 24.7. The number of carbonyl (C=O) groups excluding carboxylic acids is 3. The molecule has 0 bridgehead atoms. The van der Waals surface area contributed by atoms with Crippen molar-refractivity contribution in [2.45, 2.75) is 43.4 Å². The number of amides is 1. The molecule has 1 amide bonds. The van der Waals surface area contributed by atoms with Crippen molar-refractivity contribution in [3.05, 3.63) is 51.5 Å². The lowest BCUT2D eigenvalue weighted by Gasteiger charge is -2.47. The van der Waals surface area contributed by atoms with Crippen molar-refractivity contribution < 1.29 is 34.8 Å². The lowest BCUT2D eigenvalue weighted by atomic mass is 9.59. The minimum absolute atomic E-state index is 0.00158. The number of aromatic hydroxyl groups is 1. The second-order valence-corrected chi connectivity index (χ2v) is 9.79. The van der Waals surface area contributed by atoms with Crippen molar-refractivity contribution in [2.24, 2.45) is 23.3 Å². The number of phenolic OH excluding ortho intramolecular Hbond substituents is 1. The van der Waals surface area contributed by atoms with Gasteiger partial charge in [-0.05, 0) is 62.4 Å². The number of nitrogens with zero attached hydrogens (tertiary/aromatic N) is 1. The monoisotopic (exact) mass is 469 g/mol. The average molecular weight is 469 g/mol. The number of hydrogen-bond acceptors (Lipinski definition) is 9. The highest BCUT2D eigenvalue weighted by Gasteiger charge is 2.62. The van der Waals surface area contributed by atoms with Gasteiger partial charge in [-0.25, -0.2) is 0 Å². The van der Waals surface area contributed by atoms with E-state index in [0.29, 0.717) is 5.56 Å². The van der Waals surface area contributed by atoms with Crippen LogP contribution in [0.15, 0.2) is 34.8 Å². The van der Waals surface area contributed by atoms with Gasteiger partial charge in [0.15, 0.2) is 11.4 Å². The van der Waals surface area contributed by atoms with E-state index in [1.165, 1.54) is 0 Å². The lowest BCUT2D eigenvalue weighted by molar-refractivity contribution is -0.145. The number of phenols is 1. The second-order valence-electron chi connectivity index (χ2n) is 9.79. The molecule has 180 valence electrons. The van der Waals surface area contributed by atoms with Gasteiger partial charge in [-0.2, -0.15) is 0 Å². The van der Waals surface area contributed by atoms with Crippen molar-refractivity contribution in [1.82, 2.24) is 4.90 Å². The van der Waals surface area contributed by atoms with E-state index in [4.69, 9.17) is 11.5 Å². The fourth-order valence-electron chi connectivity index (χ4n) is 6.29. The van der Waals surface area contributed by atoms with Crippen LogP contribution in [0.2, 0.25) is 0 Å². The summed E-state index contributed by atoms with van der Waals surface area (Å²) in [6.07, 6.45) is 2.22. The number of carbonyl (C=O) groups is 3. The standard InChI is InChI=1S/C24H27N3O7/c1-27-4-2-3-13(27)9-5-10-6-11-7-12-18(25)20(30)17(23(26)33)22(32)24(12,34)21(31)16(11)19(29)15(10)14(28)8-9/h5,8,11-13,18,28,30-31,34H,2-4,6-7,25H2,1H3,(H2,26,33)/t11-,12-,13-,18-,24-/m0/s1. The third-order valence-electron chi connectivity index (χ3n) is 7.99. The number of rotatable bonds is 2. The number of fused-ring (bicyclic) bond motifs is 3. The molecule has 0 unspecified atom stereocenters. The normalized spacial score (nSPS) is 33.6. The number of aliphatic hydroxyl groups is 3. The molecule has 10 nitrogen and oxygen atoms in total. The first-order chi connectivity index (χ1) is 16.0. The summed E-state index contributed by atoms with van der Waals surface area (Å²) in [4.78, 5) is 40.5. The van der Waals surface area contributed by atoms with Crippen LogP contribution in [0, 0.1) is 11.8 Å². The third kappa shape index (κ3) is 2.82. The zero-order valence-corrected chi connectivity index (χ0v) is 18.6. The van der Waals surface area contributed by atoms with Gasteiger partial charge in [-0.1, -0.05) is 6.07 Å². The minimum Gasteiger partial charge on any atom is -0.510 e. The molecule has 0 aromatic heterocycles. The minimum atomic E-state index is -2.68. The smallest absolute Gasteiger partial charge is 0.255 e. The Hall–Kier alpha value is -3.21. The Balaban J connectivity index is 1.63. The molecule has 1 aliphatic heterocycles. The Labute approximate surface area is 195 Å². The topological polar surface area (TPSA) is 187 Å². The number of Topliss-reactive ketones (excluding diaryl/α,β-unsaturated/α-hetero) is 2. The molecule has 34 heavy (non-hydrogen) atoms. The van der Waals surface area contributed by atoms with Gasteiger partial charge in [0.1, 0.15) is 22.8 Å². The molecule has 8 N–H and O–H groups in total. The van der Waals surface area contributed by atoms with Crippen LogP contribution in [0.1, 0.15) is 46.8 Å². The maximum Gasteiger partial charge on any atom is 0.255 e. The van der Waals surface area contributed by atoms with Gasteiger partial charge in [-0.3, -0.25) is 19.3 Å². The predicted molar refractivity (Wildman–Crippen MR) is 119 cm³/mol. The van der Waals surface area contributed by atoms with E-state index < -0.39 is 58.0 Å². The summed E-state index contributed by atoms with van der Waals surface area (Å²) in [6.45, 7) is 0.932. The van der Waals surface area contributed by atoms with Gasteiger partial charge < -0.3 is 31.9 Å². The molecule has 10 heteroatoms. The number of allylic oxidation sites excluding steroid dienone is 1. The van der Waals surface area contributed by atoms with Crippen molar-refractivity contribution in [2.75, 3.05) is 13.6 Å². The van der Waals surface area contributed by atoms with Gasteiger partial charge in [0.05, 0.1) is 11.6 Å². The van der Waals surface area contributed by atoms with E-state index in [1.807, 2.05) is 13.1 Å². The molecule has 0 spiro atoms. The first-order valence-corrected chi connectivity index (χ1v) is 11.3. The number of hydrogen-bond donors (Lipinski definition) is 6. The summed E-state index contributed by atoms with van der Waals surface area (Å²) in [5, 5.41) is 43.5. The maximum atomic E-state index is 13.5. The molecular weight excluding hydrogens is 442 g/mol.